The van der Waals surface area contributed by atoms with Crippen LogP contribution < -0.4 is 0 Å². The third kappa shape index (κ3) is 1.66. The molecule has 60 valence electrons. The van der Waals surface area contributed by atoms with E-state index in [1.54, 1.807) is 0 Å². The molecule has 0 aromatic carbocycles. The molecule has 1 rings (SSSR count). The van der Waals surface area contributed by atoms with E-state index in [0.717, 1.165) is 11.8 Å². The summed E-state index contributed by atoms with van der Waals surface area (Å²) in [5.41, 5.74) is 0. The molecule has 0 spiro atoms. The first-order chi connectivity index (χ1) is 4.75. The zero-order chi connectivity index (χ0) is 7.56. The molecule has 0 bridgehead atoms. The lowest BCUT2D eigenvalue weighted by atomic mass is 9.93. The minimum Gasteiger partial charge on any atom is -0.123 e. The van der Waals surface area contributed by atoms with Gasteiger partial charge in [0.15, 0.2) is 0 Å². The predicted octanol–water partition coefficient (Wildman–Crippen LogP) is 3.44. The fourth-order valence-corrected chi connectivity index (χ4v) is 2.30. The van der Waals surface area contributed by atoms with E-state index in [0.29, 0.717) is 5.38 Å². The summed E-state index contributed by atoms with van der Waals surface area (Å²) in [6.07, 6.45) is 5.31. The van der Waals surface area contributed by atoms with Gasteiger partial charge < -0.3 is 0 Å². The van der Waals surface area contributed by atoms with Crippen LogP contribution in [0.3, 0.4) is 0 Å². The van der Waals surface area contributed by atoms with Crippen LogP contribution in [-0.2, 0) is 0 Å². The fraction of sp³-hybridized carbons (Fsp3) is 1.00. The molecule has 1 saturated carbocycles. The first-order valence-corrected chi connectivity index (χ1v) is 4.83. The lowest BCUT2D eigenvalue weighted by molar-refractivity contribution is 0.390. The SMILES string of the molecule is CCCC1CCC(Cl)C1C. The third-order valence-corrected chi connectivity index (χ3v) is 3.40. The van der Waals surface area contributed by atoms with Crippen LogP contribution in [-0.4, -0.2) is 5.38 Å². The van der Waals surface area contributed by atoms with Gasteiger partial charge in [0.25, 0.3) is 0 Å². The van der Waals surface area contributed by atoms with Crippen LogP contribution in [0.2, 0.25) is 0 Å². The van der Waals surface area contributed by atoms with Crippen molar-refractivity contribution in [1.29, 1.82) is 0 Å². The molecule has 0 aliphatic heterocycles. The van der Waals surface area contributed by atoms with E-state index < -0.39 is 0 Å². The number of halogens is 1. The Kier molecular flexibility index (Phi) is 3.03. The van der Waals surface area contributed by atoms with E-state index in [2.05, 4.69) is 13.8 Å². The highest BCUT2D eigenvalue weighted by Gasteiger charge is 2.30. The Hall–Kier alpha value is 0.290. The van der Waals surface area contributed by atoms with Crippen LogP contribution in [0.1, 0.15) is 39.5 Å². The van der Waals surface area contributed by atoms with E-state index in [-0.39, 0.29) is 0 Å². The van der Waals surface area contributed by atoms with Gasteiger partial charge in [-0.05, 0) is 24.7 Å². The molecule has 0 radical (unpaired) electrons. The molecule has 0 amide bonds. The maximum Gasteiger partial charge on any atom is 0.0364 e. The number of rotatable bonds is 2. The topological polar surface area (TPSA) is 0 Å². The van der Waals surface area contributed by atoms with Crippen molar-refractivity contribution in [1.82, 2.24) is 0 Å². The minimum atomic E-state index is 0.469. The summed E-state index contributed by atoms with van der Waals surface area (Å²) in [5.74, 6) is 1.69. The number of hydrogen-bond acceptors (Lipinski definition) is 0. The molecule has 3 atom stereocenters. The van der Waals surface area contributed by atoms with Crippen molar-refractivity contribution in [3.63, 3.8) is 0 Å². The second-order valence-electron chi connectivity index (χ2n) is 3.50. The van der Waals surface area contributed by atoms with Crippen molar-refractivity contribution >= 4 is 11.6 Å². The highest BCUT2D eigenvalue weighted by Crippen LogP contribution is 2.37. The average Bonchev–Trinajstić information content (AvgIpc) is 2.20. The van der Waals surface area contributed by atoms with Gasteiger partial charge in [0.2, 0.25) is 0 Å². The van der Waals surface area contributed by atoms with Gasteiger partial charge in [0, 0.05) is 5.38 Å². The first-order valence-electron chi connectivity index (χ1n) is 4.39. The van der Waals surface area contributed by atoms with Crippen LogP contribution in [0.25, 0.3) is 0 Å². The molecule has 0 aromatic rings. The highest BCUT2D eigenvalue weighted by atomic mass is 35.5. The van der Waals surface area contributed by atoms with E-state index in [1.807, 2.05) is 0 Å². The molecule has 3 unspecified atom stereocenters. The van der Waals surface area contributed by atoms with Crippen molar-refractivity contribution in [2.75, 3.05) is 0 Å². The highest BCUT2D eigenvalue weighted by molar-refractivity contribution is 6.20. The van der Waals surface area contributed by atoms with Crippen LogP contribution in [0.15, 0.2) is 0 Å². The average molecular weight is 161 g/mol. The predicted molar refractivity (Wildman–Crippen MR) is 46.4 cm³/mol. The van der Waals surface area contributed by atoms with Crippen LogP contribution in [0.4, 0.5) is 0 Å². The van der Waals surface area contributed by atoms with Gasteiger partial charge in [0.05, 0.1) is 0 Å². The third-order valence-electron chi connectivity index (χ3n) is 2.79. The summed E-state index contributed by atoms with van der Waals surface area (Å²) >= 11 is 6.09. The summed E-state index contributed by atoms with van der Waals surface area (Å²) in [5, 5.41) is 0.469. The van der Waals surface area contributed by atoms with Gasteiger partial charge in [-0.25, -0.2) is 0 Å². The number of alkyl halides is 1. The molecular weight excluding hydrogens is 144 g/mol. The van der Waals surface area contributed by atoms with E-state index in [1.165, 1.54) is 25.7 Å². The molecule has 10 heavy (non-hydrogen) atoms. The molecule has 1 aliphatic carbocycles. The summed E-state index contributed by atoms with van der Waals surface area (Å²) in [4.78, 5) is 0. The molecule has 0 N–H and O–H groups in total. The summed E-state index contributed by atoms with van der Waals surface area (Å²) in [6.45, 7) is 4.55. The molecule has 1 fully saturated rings. The lowest BCUT2D eigenvalue weighted by Gasteiger charge is -2.15. The van der Waals surface area contributed by atoms with Crippen LogP contribution in [0.5, 0.6) is 0 Å². The maximum atomic E-state index is 6.09. The van der Waals surface area contributed by atoms with Crippen molar-refractivity contribution in [2.24, 2.45) is 11.8 Å². The first kappa shape index (κ1) is 8.39. The molecular formula is C9H17Cl. The van der Waals surface area contributed by atoms with Crippen LogP contribution in [0, 0.1) is 11.8 Å². The molecule has 1 heteroatoms. The Bertz CT molecular complexity index is 98.9. The van der Waals surface area contributed by atoms with Gasteiger partial charge in [0.1, 0.15) is 0 Å². The zero-order valence-electron chi connectivity index (χ0n) is 6.94. The second kappa shape index (κ2) is 3.61. The molecule has 1 aliphatic rings. The molecule has 0 aromatic heterocycles. The maximum absolute atomic E-state index is 6.09. The van der Waals surface area contributed by atoms with Crippen molar-refractivity contribution in [2.45, 2.75) is 44.9 Å². The van der Waals surface area contributed by atoms with Gasteiger partial charge >= 0.3 is 0 Å². The van der Waals surface area contributed by atoms with Gasteiger partial charge in [-0.2, -0.15) is 0 Å². The summed E-state index contributed by atoms with van der Waals surface area (Å²) in [6, 6.07) is 0. The Labute approximate surface area is 69.0 Å². The quantitative estimate of drug-likeness (QED) is 0.543. The Balaban J connectivity index is 2.33. The van der Waals surface area contributed by atoms with Gasteiger partial charge in [-0.1, -0.05) is 26.7 Å². The second-order valence-corrected chi connectivity index (χ2v) is 4.06. The van der Waals surface area contributed by atoms with Crippen molar-refractivity contribution < 1.29 is 0 Å². The van der Waals surface area contributed by atoms with Crippen molar-refractivity contribution in [3.8, 4) is 0 Å². The zero-order valence-corrected chi connectivity index (χ0v) is 7.69. The van der Waals surface area contributed by atoms with E-state index in [4.69, 9.17) is 11.6 Å². The van der Waals surface area contributed by atoms with E-state index in [9.17, 15) is 0 Å². The van der Waals surface area contributed by atoms with Gasteiger partial charge in [-0.15, -0.1) is 11.6 Å². The standard InChI is InChI=1S/C9H17Cl/c1-3-4-8-5-6-9(10)7(8)2/h7-9H,3-6H2,1-2H3. The molecule has 0 heterocycles. The Morgan fingerprint density at radius 3 is 2.50 bits per heavy atom. The number of hydrogen-bond donors (Lipinski definition) is 0. The molecule has 0 nitrogen and oxygen atoms in total. The Morgan fingerprint density at radius 1 is 1.40 bits per heavy atom. The van der Waals surface area contributed by atoms with Gasteiger partial charge in [-0.3, -0.25) is 0 Å². The minimum absolute atomic E-state index is 0.469. The fourth-order valence-electron chi connectivity index (χ4n) is 1.97. The largest absolute Gasteiger partial charge is 0.123 e. The smallest absolute Gasteiger partial charge is 0.0364 e. The normalized spacial score (nSPS) is 40.5. The van der Waals surface area contributed by atoms with Crippen LogP contribution >= 0.6 is 11.6 Å². The monoisotopic (exact) mass is 160 g/mol. The lowest BCUT2D eigenvalue weighted by Crippen LogP contribution is -2.10. The summed E-state index contributed by atoms with van der Waals surface area (Å²) in [7, 11) is 0. The summed E-state index contributed by atoms with van der Waals surface area (Å²) < 4.78 is 0. The molecule has 0 saturated heterocycles. The Morgan fingerprint density at radius 2 is 2.10 bits per heavy atom. The van der Waals surface area contributed by atoms with Crippen molar-refractivity contribution in [3.05, 3.63) is 0 Å². The van der Waals surface area contributed by atoms with E-state index >= 15 is 0 Å².